The van der Waals surface area contributed by atoms with Crippen molar-refractivity contribution in [1.29, 1.82) is 0 Å². The van der Waals surface area contributed by atoms with Gasteiger partial charge in [-0.15, -0.1) is 0 Å². The maximum Gasteiger partial charge on any atom is 0.308 e. The van der Waals surface area contributed by atoms with Gasteiger partial charge in [0, 0.05) is 17.6 Å². The smallest absolute Gasteiger partial charge is 0.308 e. The van der Waals surface area contributed by atoms with Gasteiger partial charge in [0.1, 0.15) is 0 Å². The molecule has 116 valence electrons. The van der Waals surface area contributed by atoms with E-state index in [0.717, 1.165) is 16.8 Å². The number of nitrogens with zero attached hydrogens (tertiary/aromatic N) is 1. The molecule has 1 unspecified atom stereocenters. The molecule has 0 aliphatic carbocycles. The molecule has 1 atom stereocenters. The minimum absolute atomic E-state index is 0.0689. The van der Waals surface area contributed by atoms with Crippen LogP contribution >= 0.6 is 0 Å². The van der Waals surface area contributed by atoms with Crippen molar-refractivity contribution in [3.8, 4) is 0 Å². The van der Waals surface area contributed by atoms with E-state index < -0.39 is 17.3 Å². The van der Waals surface area contributed by atoms with Gasteiger partial charge in [-0.25, -0.2) is 0 Å². The number of carbonyl (C=O) groups excluding carboxylic acids is 1. The number of rotatable bonds is 4. The van der Waals surface area contributed by atoms with Gasteiger partial charge in [-0.2, -0.15) is 0 Å². The van der Waals surface area contributed by atoms with Crippen molar-refractivity contribution in [2.45, 2.75) is 41.5 Å². The van der Waals surface area contributed by atoms with Crippen LogP contribution < -0.4 is 4.90 Å². The van der Waals surface area contributed by atoms with Gasteiger partial charge in [-0.05, 0) is 37.1 Å². The van der Waals surface area contributed by atoms with Crippen molar-refractivity contribution < 1.29 is 14.7 Å². The Balaban J connectivity index is 3.24. The summed E-state index contributed by atoms with van der Waals surface area (Å²) in [4.78, 5) is 25.4. The van der Waals surface area contributed by atoms with Crippen LogP contribution in [0.25, 0.3) is 0 Å². The van der Waals surface area contributed by atoms with E-state index in [4.69, 9.17) is 5.11 Å². The fourth-order valence-corrected chi connectivity index (χ4v) is 2.17. The van der Waals surface area contributed by atoms with Crippen molar-refractivity contribution in [2.24, 2.45) is 11.3 Å². The monoisotopic (exact) mass is 291 g/mol. The molecule has 0 saturated carbocycles. The molecule has 0 aliphatic rings. The third kappa shape index (κ3) is 4.59. The molecule has 1 aromatic rings. The van der Waals surface area contributed by atoms with Gasteiger partial charge in [0.15, 0.2) is 0 Å². The fourth-order valence-electron chi connectivity index (χ4n) is 2.17. The predicted octanol–water partition coefficient (Wildman–Crippen LogP) is 3.40. The molecule has 1 N–H and O–H groups in total. The van der Waals surface area contributed by atoms with Gasteiger partial charge in [0.2, 0.25) is 5.91 Å². The number of carbonyl (C=O) groups is 2. The van der Waals surface area contributed by atoms with Gasteiger partial charge in [0.25, 0.3) is 0 Å². The third-order valence-electron chi connectivity index (χ3n) is 3.28. The molecule has 4 heteroatoms. The number of aryl methyl sites for hydroxylation is 2. The van der Waals surface area contributed by atoms with Crippen molar-refractivity contribution in [3.05, 3.63) is 29.3 Å². The minimum atomic E-state index is -0.897. The first kappa shape index (κ1) is 17.2. The zero-order chi connectivity index (χ0) is 16.4. The molecular weight excluding hydrogens is 266 g/mol. The lowest BCUT2D eigenvalue weighted by molar-refractivity contribution is -0.140. The molecule has 1 aromatic carbocycles. The molecule has 0 aliphatic heterocycles. The first-order chi connectivity index (χ1) is 9.52. The Morgan fingerprint density at radius 1 is 1.14 bits per heavy atom. The van der Waals surface area contributed by atoms with Gasteiger partial charge in [-0.3, -0.25) is 9.59 Å². The second kappa shape index (κ2) is 6.29. The van der Waals surface area contributed by atoms with E-state index in [9.17, 15) is 9.59 Å². The summed E-state index contributed by atoms with van der Waals surface area (Å²) >= 11 is 0. The Labute approximate surface area is 126 Å². The van der Waals surface area contributed by atoms with E-state index >= 15 is 0 Å². The van der Waals surface area contributed by atoms with Crippen LogP contribution in [0.5, 0.6) is 0 Å². The number of aliphatic carboxylic acids is 1. The average Bonchev–Trinajstić information content (AvgIpc) is 2.32. The Hall–Kier alpha value is -1.84. The van der Waals surface area contributed by atoms with Crippen LogP contribution in [0.3, 0.4) is 0 Å². The van der Waals surface area contributed by atoms with E-state index in [0.29, 0.717) is 0 Å². The fraction of sp³-hybridized carbons (Fsp3) is 0.529. The summed E-state index contributed by atoms with van der Waals surface area (Å²) in [6, 6.07) is 5.88. The number of carboxylic acid groups (broad SMARTS) is 1. The highest BCUT2D eigenvalue weighted by molar-refractivity contribution is 5.97. The summed E-state index contributed by atoms with van der Waals surface area (Å²) in [6.45, 7) is 11.3. The molecular formula is C17H25NO3. The van der Waals surface area contributed by atoms with Gasteiger partial charge in [-0.1, -0.05) is 33.8 Å². The molecule has 0 heterocycles. The number of hydrogen-bond donors (Lipinski definition) is 1. The summed E-state index contributed by atoms with van der Waals surface area (Å²) < 4.78 is 0. The van der Waals surface area contributed by atoms with Crippen LogP contribution in [0.4, 0.5) is 5.69 Å². The summed E-state index contributed by atoms with van der Waals surface area (Å²) in [7, 11) is 0. The Morgan fingerprint density at radius 3 is 2.00 bits per heavy atom. The van der Waals surface area contributed by atoms with E-state index in [1.54, 1.807) is 11.8 Å². The summed E-state index contributed by atoms with van der Waals surface area (Å²) in [5, 5.41) is 9.13. The molecule has 21 heavy (non-hydrogen) atoms. The minimum Gasteiger partial charge on any atom is -0.481 e. The van der Waals surface area contributed by atoms with Crippen molar-refractivity contribution in [3.63, 3.8) is 0 Å². The second-order valence-electron chi connectivity index (χ2n) is 6.75. The maximum atomic E-state index is 12.7. The average molecular weight is 291 g/mol. The van der Waals surface area contributed by atoms with Crippen LogP contribution in [0, 0.1) is 25.2 Å². The molecule has 4 nitrogen and oxygen atoms in total. The number of carboxylic acids is 1. The standard InChI is InChI=1S/C17H25NO3/c1-11-7-12(2)9-14(8-11)18(10-13(3)15(19)20)16(21)17(4,5)6/h7-9,13H,10H2,1-6H3,(H,19,20). The zero-order valence-corrected chi connectivity index (χ0v) is 13.7. The largest absolute Gasteiger partial charge is 0.481 e. The lowest BCUT2D eigenvalue weighted by atomic mass is 9.93. The molecule has 1 rings (SSSR count). The number of hydrogen-bond acceptors (Lipinski definition) is 2. The lowest BCUT2D eigenvalue weighted by Gasteiger charge is -2.31. The summed E-state index contributed by atoms with van der Waals surface area (Å²) in [5.74, 6) is -1.58. The molecule has 0 radical (unpaired) electrons. The highest BCUT2D eigenvalue weighted by Gasteiger charge is 2.30. The van der Waals surface area contributed by atoms with Crippen LogP contribution in [-0.4, -0.2) is 23.5 Å². The number of benzene rings is 1. The van der Waals surface area contributed by atoms with Gasteiger partial charge < -0.3 is 10.0 Å². The molecule has 0 aromatic heterocycles. The van der Waals surface area contributed by atoms with Gasteiger partial charge >= 0.3 is 5.97 Å². The normalized spacial score (nSPS) is 12.9. The molecule has 0 spiro atoms. The highest BCUT2D eigenvalue weighted by atomic mass is 16.4. The second-order valence-corrected chi connectivity index (χ2v) is 6.75. The van der Waals surface area contributed by atoms with Crippen LogP contribution in [0.2, 0.25) is 0 Å². The zero-order valence-electron chi connectivity index (χ0n) is 13.7. The number of anilines is 1. The predicted molar refractivity (Wildman–Crippen MR) is 84.5 cm³/mol. The molecule has 0 saturated heterocycles. The SMILES string of the molecule is Cc1cc(C)cc(N(CC(C)C(=O)O)C(=O)C(C)(C)C)c1. The lowest BCUT2D eigenvalue weighted by Crippen LogP contribution is -2.43. The molecule has 0 bridgehead atoms. The summed E-state index contributed by atoms with van der Waals surface area (Å²) in [6.07, 6.45) is 0. The van der Waals surface area contributed by atoms with Crippen molar-refractivity contribution >= 4 is 17.6 Å². The van der Waals surface area contributed by atoms with Crippen molar-refractivity contribution in [1.82, 2.24) is 0 Å². The van der Waals surface area contributed by atoms with Gasteiger partial charge in [0.05, 0.1) is 5.92 Å². The van der Waals surface area contributed by atoms with E-state index in [1.165, 1.54) is 0 Å². The Morgan fingerprint density at radius 2 is 1.62 bits per heavy atom. The Kier molecular flexibility index (Phi) is 5.15. The maximum absolute atomic E-state index is 12.7. The van der Waals surface area contributed by atoms with Crippen LogP contribution in [0.15, 0.2) is 18.2 Å². The first-order valence-corrected chi connectivity index (χ1v) is 7.15. The van der Waals surface area contributed by atoms with E-state index in [1.807, 2.05) is 52.8 Å². The third-order valence-corrected chi connectivity index (χ3v) is 3.28. The first-order valence-electron chi connectivity index (χ1n) is 7.15. The highest BCUT2D eigenvalue weighted by Crippen LogP contribution is 2.26. The van der Waals surface area contributed by atoms with Crippen LogP contribution in [0.1, 0.15) is 38.8 Å². The van der Waals surface area contributed by atoms with E-state index in [-0.39, 0.29) is 12.5 Å². The summed E-state index contributed by atoms with van der Waals surface area (Å²) in [5.41, 5.74) is 2.32. The topological polar surface area (TPSA) is 57.6 Å². The Bertz CT molecular complexity index is 523. The van der Waals surface area contributed by atoms with E-state index in [2.05, 4.69) is 0 Å². The molecule has 0 fully saturated rings. The van der Waals surface area contributed by atoms with Crippen molar-refractivity contribution in [2.75, 3.05) is 11.4 Å². The number of amides is 1. The molecule has 1 amide bonds. The van der Waals surface area contributed by atoms with Crippen LogP contribution in [-0.2, 0) is 9.59 Å². The quantitative estimate of drug-likeness (QED) is 0.925.